The molecule has 2 aromatic rings. The highest BCUT2D eigenvalue weighted by Crippen LogP contribution is 2.29. The largest absolute Gasteiger partial charge is 0.416 e. The number of halogens is 3. The van der Waals surface area contributed by atoms with Crippen LogP contribution in [0, 0.1) is 0 Å². The minimum atomic E-state index is -4.44. The molecule has 0 aliphatic heterocycles. The molecule has 150 valence electrons. The van der Waals surface area contributed by atoms with Crippen molar-refractivity contribution in [2.45, 2.75) is 32.9 Å². The molecule has 0 aliphatic rings. The van der Waals surface area contributed by atoms with Crippen LogP contribution in [-0.4, -0.2) is 24.9 Å². The molecule has 2 amide bonds. The Morgan fingerprint density at radius 1 is 1.04 bits per heavy atom. The van der Waals surface area contributed by atoms with Crippen molar-refractivity contribution in [2.24, 2.45) is 0 Å². The van der Waals surface area contributed by atoms with E-state index in [0.717, 1.165) is 35.5 Å². The van der Waals surface area contributed by atoms with Gasteiger partial charge in [-0.25, -0.2) is 0 Å². The SMILES string of the molecule is CC(=O)N(CCNC(=O)c1ccc(C(F)(F)F)cc1)c1ccccc1C(C)C. The van der Waals surface area contributed by atoms with Gasteiger partial charge in [0, 0.05) is 31.3 Å². The van der Waals surface area contributed by atoms with E-state index in [9.17, 15) is 22.8 Å². The van der Waals surface area contributed by atoms with Gasteiger partial charge >= 0.3 is 6.18 Å². The molecule has 1 N–H and O–H groups in total. The number of amides is 2. The van der Waals surface area contributed by atoms with Crippen LogP contribution in [0.1, 0.15) is 48.2 Å². The summed E-state index contributed by atoms with van der Waals surface area (Å²) >= 11 is 0. The average molecular weight is 392 g/mol. The van der Waals surface area contributed by atoms with Gasteiger partial charge in [-0.2, -0.15) is 13.2 Å². The van der Waals surface area contributed by atoms with Gasteiger partial charge < -0.3 is 10.2 Å². The average Bonchev–Trinajstić information content (AvgIpc) is 2.64. The number of nitrogens with one attached hydrogen (secondary N) is 1. The molecule has 4 nitrogen and oxygen atoms in total. The van der Waals surface area contributed by atoms with Gasteiger partial charge in [-0.3, -0.25) is 9.59 Å². The monoisotopic (exact) mass is 392 g/mol. The highest BCUT2D eigenvalue weighted by atomic mass is 19.4. The normalized spacial score (nSPS) is 11.4. The number of alkyl halides is 3. The molecule has 7 heteroatoms. The lowest BCUT2D eigenvalue weighted by atomic mass is 10.0. The zero-order chi connectivity index (χ0) is 20.9. The van der Waals surface area contributed by atoms with E-state index in [-0.39, 0.29) is 30.5 Å². The van der Waals surface area contributed by atoms with Crippen LogP contribution >= 0.6 is 0 Å². The summed E-state index contributed by atoms with van der Waals surface area (Å²) in [6, 6.07) is 11.6. The second-order valence-electron chi connectivity index (χ2n) is 6.72. The minimum Gasteiger partial charge on any atom is -0.350 e. The molecule has 0 aromatic heterocycles. The summed E-state index contributed by atoms with van der Waals surface area (Å²) in [4.78, 5) is 25.9. The van der Waals surface area contributed by atoms with Crippen molar-refractivity contribution in [1.82, 2.24) is 5.32 Å². The maximum absolute atomic E-state index is 12.6. The Morgan fingerprint density at radius 2 is 1.64 bits per heavy atom. The van der Waals surface area contributed by atoms with Crippen LogP contribution in [0.2, 0.25) is 0 Å². The molecule has 0 atom stereocenters. The van der Waals surface area contributed by atoms with Gasteiger partial charge in [-0.05, 0) is 41.8 Å². The van der Waals surface area contributed by atoms with Crippen LogP contribution in [0.5, 0.6) is 0 Å². The van der Waals surface area contributed by atoms with Crippen molar-refractivity contribution < 1.29 is 22.8 Å². The van der Waals surface area contributed by atoms with Crippen molar-refractivity contribution in [2.75, 3.05) is 18.0 Å². The Bertz CT molecular complexity index is 830. The van der Waals surface area contributed by atoms with E-state index in [1.54, 1.807) is 4.90 Å². The summed E-state index contributed by atoms with van der Waals surface area (Å²) < 4.78 is 37.8. The number of hydrogen-bond acceptors (Lipinski definition) is 2. The van der Waals surface area contributed by atoms with Gasteiger partial charge in [0.15, 0.2) is 0 Å². The van der Waals surface area contributed by atoms with E-state index in [4.69, 9.17) is 0 Å². The third-order valence-corrected chi connectivity index (χ3v) is 4.33. The van der Waals surface area contributed by atoms with Gasteiger partial charge in [0.25, 0.3) is 5.91 Å². The summed E-state index contributed by atoms with van der Waals surface area (Å²) in [5, 5.41) is 2.65. The number of nitrogens with zero attached hydrogens (tertiary/aromatic N) is 1. The van der Waals surface area contributed by atoms with Crippen LogP contribution < -0.4 is 10.2 Å². The summed E-state index contributed by atoms with van der Waals surface area (Å²) in [7, 11) is 0. The molecule has 0 saturated carbocycles. The summed E-state index contributed by atoms with van der Waals surface area (Å²) in [6.45, 7) is 5.94. The van der Waals surface area contributed by atoms with E-state index in [2.05, 4.69) is 5.32 Å². The van der Waals surface area contributed by atoms with Gasteiger partial charge in [-0.15, -0.1) is 0 Å². The molecule has 0 aliphatic carbocycles. The molecule has 0 fully saturated rings. The Kier molecular flexibility index (Phi) is 6.83. The van der Waals surface area contributed by atoms with Crippen molar-refractivity contribution >= 4 is 17.5 Å². The third kappa shape index (κ3) is 5.34. The maximum atomic E-state index is 12.6. The van der Waals surface area contributed by atoms with Gasteiger partial charge in [0.1, 0.15) is 0 Å². The third-order valence-electron chi connectivity index (χ3n) is 4.33. The number of anilines is 1. The van der Waals surface area contributed by atoms with Crippen LogP contribution in [0.15, 0.2) is 48.5 Å². The minimum absolute atomic E-state index is 0.130. The zero-order valence-corrected chi connectivity index (χ0v) is 16.0. The second kappa shape index (κ2) is 8.91. The molecule has 0 heterocycles. The molecule has 0 radical (unpaired) electrons. The van der Waals surface area contributed by atoms with Crippen molar-refractivity contribution in [1.29, 1.82) is 0 Å². The number of hydrogen-bond donors (Lipinski definition) is 1. The quantitative estimate of drug-likeness (QED) is 0.780. The summed E-state index contributed by atoms with van der Waals surface area (Å²) in [5.74, 6) is -0.425. The predicted molar refractivity (Wildman–Crippen MR) is 102 cm³/mol. The molecule has 2 rings (SSSR count). The van der Waals surface area contributed by atoms with Gasteiger partial charge in [0.05, 0.1) is 5.56 Å². The molecular weight excluding hydrogens is 369 g/mol. The van der Waals surface area contributed by atoms with Crippen molar-refractivity contribution in [3.05, 3.63) is 65.2 Å². The fraction of sp³-hybridized carbons (Fsp3) is 0.333. The molecule has 0 spiro atoms. The lowest BCUT2D eigenvalue weighted by Crippen LogP contribution is -2.38. The smallest absolute Gasteiger partial charge is 0.350 e. The molecule has 28 heavy (non-hydrogen) atoms. The molecule has 2 aromatic carbocycles. The first kappa shape index (κ1) is 21.5. The lowest BCUT2D eigenvalue weighted by Gasteiger charge is -2.25. The van der Waals surface area contributed by atoms with Crippen LogP contribution in [0.25, 0.3) is 0 Å². The standard InChI is InChI=1S/C21H23F3N2O2/c1-14(2)18-6-4-5-7-19(18)26(15(3)27)13-12-25-20(28)16-8-10-17(11-9-16)21(22,23)24/h4-11,14H,12-13H2,1-3H3,(H,25,28). The topological polar surface area (TPSA) is 49.4 Å². The molecule has 0 saturated heterocycles. The molecular formula is C21H23F3N2O2. The maximum Gasteiger partial charge on any atom is 0.416 e. The van der Waals surface area contributed by atoms with E-state index in [0.29, 0.717) is 0 Å². The Balaban J connectivity index is 2.04. The summed E-state index contributed by atoms with van der Waals surface area (Å²) in [5.41, 5.74) is 1.13. The number of carbonyl (C=O) groups excluding carboxylic acids is 2. The number of rotatable bonds is 6. The predicted octanol–water partition coefficient (Wildman–Crippen LogP) is 4.61. The van der Waals surface area contributed by atoms with E-state index >= 15 is 0 Å². The first-order valence-electron chi connectivity index (χ1n) is 8.93. The summed E-state index contributed by atoms with van der Waals surface area (Å²) in [6.07, 6.45) is -4.44. The van der Waals surface area contributed by atoms with Gasteiger partial charge in [0.2, 0.25) is 5.91 Å². The lowest BCUT2D eigenvalue weighted by molar-refractivity contribution is -0.137. The number of carbonyl (C=O) groups is 2. The van der Waals surface area contributed by atoms with E-state index in [1.165, 1.54) is 6.92 Å². The highest BCUT2D eigenvalue weighted by Gasteiger charge is 2.30. The Morgan fingerprint density at radius 3 is 2.18 bits per heavy atom. The zero-order valence-electron chi connectivity index (χ0n) is 16.0. The van der Waals surface area contributed by atoms with Gasteiger partial charge in [-0.1, -0.05) is 32.0 Å². The van der Waals surface area contributed by atoms with Crippen molar-refractivity contribution in [3.63, 3.8) is 0 Å². The highest BCUT2D eigenvalue weighted by molar-refractivity contribution is 5.95. The first-order valence-corrected chi connectivity index (χ1v) is 8.93. The fourth-order valence-corrected chi connectivity index (χ4v) is 2.86. The first-order chi connectivity index (χ1) is 13.1. The Hall–Kier alpha value is -2.83. The molecule has 0 bridgehead atoms. The van der Waals surface area contributed by atoms with Crippen LogP contribution in [0.3, 0.4) is 0 Å². The molecule has 0 unspecified atom stereocenters. The van der Waals surface area contributed by atoms with E-state index < -0.39 is 17.6 Å². The fourth-order valence-electron chi connectivity index (χ4n) is 2.86. The van der Waals surface area contributed by atoms with Crippen LogP contribution in [0.4, 0.5) is 18.9 Å². The van der Waals surface area contributed by atoms with Crippen molar-refractivity contribution in [3.8, 4) is 0 Å². The van der Waals surface area contributed by atoms with Crippen LogP contribution in [-0.2, 0) is 11.0 Å². The number of para-hydroxylation sites is 1. The number of benzene rings is 2. The second-order valence-corrected chi connectivity index (χ2v) is 6.72. The van der Waals surface area contributed by atoms with E-state index in [1.807, 2.05) is 38.1 Å². The Labute approximate surface area is 162 Å².